The fourth-order valence-corrected chi connectivity index (χ4v) is 2.72. The summed E-state index contributed by atoms with van der Waals surface area (Å²) >= 11 is 0. The van der Waals surface area contributed by atoms with Crippen LogP contribution in [-0.4, -0.2) is 11.8 Å². The Labute approximate surface area is 120 Å². The maximum Gasteiger partial charge on any atom is 0.374 e. The molecule has 108 valence electrons. The van der Waals surface area contributed by atoms with E-state index in [0.29, 0.717) is 12.3 Å². The van der Waals surface area contributed by atoms with Crippen LogP contribution in [0, 0.1) is 5.92 Å². The highest BCUT2D eigenvalue weighted by molar-refractivity contribution is 6.33. The standard InChI is InChI=1S/C17H22O3/c18-16(12-11-14-7-3-1-4-8-14)17(19)20-13-15-9-5-2-6-10-15/h2,5-6,9-10,14H,1,3-4,7-8,11-13H2. The second-order valence-electron chi connectivity index (χ2n) is 5.53. The van der Waals surface area contributed by atoms with Crippen molar-refractivity contribution in [2.45, 2.75) is 51.6 Å². The van der Waals surface area contributed by atoms with Gasteiger partial charge in [0.1, 0.15) is 6.61 Å². The largest absolute Gasteiger partial charge is 0.455 e. The minimum Gasteiger partial charge on any atom is -0.455 e. The molecule has 1 saturated carbocycles. The molecule has 0 bridgehead atoms. The van der Waals surface area contributed by atoms with E-state index < -0.39 is 5.97 Å². The van der Waals surface area contributed by atoms with Gasteiger partial charge >= 0.3 is 5.97 Å². The van der Waals surface area contributed by atoms with Gasteiger partial charge in [-0.1, -0.05) is 62.4 Å². The highest BCUT2D eigenvalue weighted by Crippen LogP contribution is 2.27. The van der Waals surface area contributed by atoms with Crippen molar-refractivity contribution in [2.24, 2.45) is 5.92 Å². The van der Waals surface area contributed by atoms with Crippen LogP contribution in [0.3, 0.4) is 0 Å². The SMILES string of the molecule is O=C(CCC1CCCCC1)C(=O)OCc1ccccc1. The molecule has 1 aliphatic rings. The minimum absolute atomic E-state index is 0.175. The number of carbonyl (C=O) groups is 2. The molecule has 0 amide bonds. The van der Waals surface area contributed by atoms with E-state index in [9.17, 15) is 9.59 Å². The number of ketones is 1. The number of Topliss-reactive ketones (excluding diaryl/α,β-unsaturated/α-hetero) is 1. The summed E-state index contributed by atoms with van der Waals surface area (Å²) in [5, 5.41) is 0. The molecular formula is C17H22O3. The van der Waals surface area contributed by atoms with Crippen molar-refractivity contribution < 1.29 is 14.3 Å². The first-order chi connectivity index (χ1) is 9.75. The first kappa shape index (κ1) is 14.8. The van der Waals surface area contributed by atoms with E-state index in [0.717, 1.165) is 12.0 Å². The van der Waals surface area contributed by atoms with Crippen LogP contribution in [0.15, 0.2) is 30.3 Å². The van der Waals surface area contributed by atoms with Crippen LogP contribution in [0.25, 0.3) is 0 Å². The summed E-state index contributed by atoms with van der Waals surface area (Å²) in [6.07, 6.45) is 7.40. The molecule has 1 aromatic carbocycles. The maximum atomic E-state index is 11.7. The summed E-state index contributed by atoms with van der Waals surface area (Å²) in [6, 6.07) is 9.42. The molecule has 3 nitrogen and oxygen atoms in total. The molecule has 1 aromatic rings. The van der Waals surface area contributed by atoms with E-state index in [2.05, 4.69) is 0 Å². The van der Waals surface area contributed by atoms with Gasteiger partial charge in [-0.2, -0.15) is 0 Å². The Morgan fingerprint density at radius 2 is 1.75 bits per heavy atom. The highest BCUT2D eigenvalue weighted by atomic mass is 16.5. The number of rotatable bonds is 6. The molecule has 0 spiro atoms. The van der Waals surface area contributed by atoms with Crippen LogP contribution in [0.2, 0.25) is 0 Å². The third kappa shape index (κ3) is 4.80. The molecule has 2 rings (SSSR count). The Balaban J connectivity index is 1.68. The lowest BCUT2D eigenvalue weighted by Gasteiger charge is -2.20. The first-order valence-corrected chi connectivity index (χ1v) is 7.49. The van der Waals surface area contributed by atoms with Crippen molar-refractivity contribution in [3.05, 3.63) is 35.9 Å². The third-order valence-corrected chi connectivity index (χ3v) is 3.94. The normalized spacial score (nSPS) is 15.8. The van der Waals surface area contributed by atoms with Gasteiger partial charge in [0.25, 0.3) is 0 Å². The Morgan fingerprint density at radius 3 is 2.45 bits per heavy atom. The molecule has 0 heterocycles. The minimum atomic E-state index is -0.690. The molecule has 0 atom stereocenters. The third-order valence-electron chi connectivity index (χ3n) is 3.94. The van der Waals surface area contributed by atoms with Gasteiger partial charge in [0, 0.05) is 6.42 Å². The van der Waals surface area contributed by atoms with E-state index in [-0.39, 0.29) is 12.4 Å². The fourth-order valence-electron chi connectivity index (χ4n) is 2.72. The second kappa shape index (κ2) is 7.83. The molecular weight excluding hydrogens is 252 g/mol. The van der Waals surface area contributed by atoms with Crippen LogP contribution in [0.1, 0.15) is 50.5 Å². The summed E-state index contributed by atoms with van der Waals surface area (Å²) in [5.74, 6) is -0.453. The first-order valence-electron chi connectivity index (χ1n) is 7.49. The lowest BCUT2D eigenvalue weighted by molar-refractivity contribution is -0.155. The van der Waals surface area contributed by atoms with Gasteiger partial charge in [-0.15, -0.1) is 0 Å². The summed E-state index contributed by atoms with van der Waals surface area (Å²) in [5.41, 5.74) is 0.904. The Hall–Kier alpha value is -1.64. The second-order valence-corrected chi connectivity index (χ2v) is 5.53. The predicted octanol–water partition coefficient (Wildman–Crippen LogP) is 3.66. The van der Waals surface area contributed by atoms with Crippen molar-refractivity contribution in [3.8, 4) is 0 Å². The zero-order valence-corrected chi connectivity index (χ0v) is 11.8. The lowest BCUT2D eigenvalue weighted by Crippen LogP contribution is -2.18. The van der Waals surface area contributed by atoms with E-state index >= 15 is 0 Å². The van der Waals surface area contributed by atoms with Crippen LogP contribution in [0.4, 0.5) is 0 Å². The Bertz CT molecular complexity index is 433. The number of esters is 1. The summed E-state index contributed by atoms with van der Waals surface area (Å²) in [4.78, 5) is 23.3. The van der Waals surface area contributed by atoms with Crippen molar-refractivity contribution in [1.82, 2.24) is 0 Å². The highest BCUT2D eigenvalue weighted by Gasteiger charge is 2.19. The van der Waals surface area contributed by atoms with E-state index in [1.165, 1.54) is 32.1 Å². The van der Waals surface area contributed by atoms with Crippen LogP contribution < -0.4 is 0 Å². The molecule has 0 aliphatic heterocycles. The molecule has 0 saturated heterocycles. The van der Waals surface area contributed by atoms with Crippen molar-refractivity contribution in [2.75, 3.05) is 0 Å². The molecule has 1 fully saturated rings. The zero-order chi connectivity index (χ0) is 14.2. The molecule has 20 heavy (non-hydrogen) atoms. The fraction of sp³-hybridized carbons (Fsp3) is 0.529. The van der Waals surface area contributed by atoms with Crippen LogP contribution >= 0.6 is 0 Å². The van der Waals surface area contributed by atoms with Gasteiger partial charge in [0.05, 0.1) is 0 Å². The Kier molecular flexibility index (Phi) is 5.78. The van der Waals surface area contributed by atoms with Crippen LogP contribution in [0.5, 0.6) is 0 Å². The summed E-state index contributed by atoms with van der Waals surface area (Å²) in [7, 11) is 0. The molecule has 0 aromatic heterocycles. The molecule has 0 radical (unpaired) electrons. The summed E-state index contributed by atoms with van der Waals surface area (Å²) in [6.45, 7) is 0.175. The number of hydrogen-bond acceptors (Lipinski definition) is 3. The van der Waals surface area contributed by atoms with E-state index in [4.69, 9.17) is 4.74 Å². The van der Waals surface area contributed by atoms with Gasteiger partial charge in [-0.05, 0) is 17.9 Å². The number of hydrogen-bond donors (Lipinski definition) is 0. The van der Waals surface area contributed by atoms with Crippen molar-refractivity contribution >= 4 is 11.8 Å². The quantitative estimate of drug-likeness (QED) is 0.587. The molecule has 0 N–H and O–H groups in total. The number of ether oxygens (including phenoxy) is 1. The Morgan fingerprint density at radius 1 is 1.05 bits per heavy atom. The van der Waals surface area contributed by atoms with Gasteiger partial charge in [-0.25, -0.2) is 4.79 Å². The lowest BCUT2D eigenvalue weighted by atomic mass is 9.86. The van der Waals surface area contributed by atoms with Gasteiger partial charge in [-0.3, -0.25) is 4.79 Å². The van der Waals surface area contributed by atoms with E-state index in [1.54, 1.807) is 0 Å². The van der Waals surface area contributed by atoms with Crippen molar-refractivity contribution in [3.63, 3.8) is 0 Å². The number of carbonyl (C=O) groups excluding carboxylic acids is 2. The predicted molar refractivity (Wildman–Crippen MR) is 77.1 cm³/mol. The average molecular weight is 274 g/mol. The van der Waals surface area contributed by atoms with E-state index in [1.807, 2.05) is 30.3 Å². The zero-order valence-electron chi connectivity index (χ0n) is 11.8. The molecule has 3 heteroatoms. The van der Waals surface area contributed by atoms with Gasteiger partial charge in [0.2, 0.25) is 5.78 Å². The molecule has 0 unspecified atom stereocenters. The van der Waals surface area contributed by atoms with Gasteiger partial charge < -0.3 is 4.74 Å². The monoisotopic (exact) mass is 274 g/mol. The molecule has 1 aliphatic carbocycles. The average Bonchev–Trinajstić information content (AvgIpc) is 2.52. The maximum absolute atomic E-state index is 11.7. The summed E-state index contributed by atoms with van der Waals surface area (Å²) < 4.78 is 5.04. The van der Waals surface area contributed by atoms with Gasteiger partial charge in [0.15, 0.2) is 0 Å². The van der Waals surface area contributed by atoms with Crippen molar-refractivity contribution in [1.29, 1.82) is 0 Å². The topological polar surface area (TPSA) is 43.4 Å². The smallest absolute Gasteiger partial charge is 0.374 e. The number of benzene rings is 1. The van der Waals surface area contributed by atoms with Crippen LogP contribution in [-0.2, 0) is 20.9 Å².